The van der Waals surface area contributed by atoms with Crippen molar-refractivity contribution in [2.75, 3.05) is 11.1 Å². The zero-order valence-corrected chi connectivity index (χ0v) is 11.5. The first-order valence-electron chi connectivity index (χ1n) is 5.31. The number of sulfone groups is 1. The van der Waals surface area contributed by atoms with Gasteiger partial charge in [-0.25, -0.2) is 8.42 Å². The Bertz CT molecular complexity index is 367. The minimum absolute atomic E-state index is 0.186. The van der Waals surface area contributed by atoms with E-state index in [9.17, 15) is 8.42 Å². The number of hydrogen-bond donors (Lipinski definition) is 0. The molecular weight excluding hydrogens is 280 g/mol. The van der Waals surface area contributed by atoms with E-state index in [1.165, 1.54) is 0 Å². The van der Waals surface area contributed by atoms with Gasteiger partial charge in [-0.05, 0) is 33.1 Å². The van der Waals surface area contributed by atoms with Gasteiger partial charge in [0.25, 0.3) is 0 Å². The van der Waals surface area contributed by atoms with Crippen LogP contribution in [0.4, 0.5) is 0 Å². The molecule has 1 spiro atoms. The van der Waals surface area contributed by atoms with Crippen LogP contribution >= 0.6 is 15.9 Å². The topological polar surface area (TPSA) is 43.4 Å². The molecule has 0 aromatic rings. The third-order valence-electron chi connectivity index (χ3n) is 3.90. The lowest BCUT2D eigenvalue weighted by Gasteiger charge is -2.31. The SMILES string of the molecule is CC1C2(CCC(C)(CBr)O2)CCS1(=O)=O. The highest BCUT2D eigenvalue weighted by Gasteiger charge is 2.56. The van der Waals surface area contributed by atoms with Crippen molar-refractivity contribution in [1.29, 1.82) is 0 Å². The van der Waals surface area contributed by atoms with Crippen molar-refractivity contribution in [3.8, 4) is 0 Å². The van der Waals surface area contributed by atoms with Crippen LogP contribution < -0.4 is 0 Å². The molecule has 2 heterocycles. The first kappa shape index (κ1) is 11.9. The third-order valence-corrected chi connectivity index (χ3v) is 7.36. The highest BCUT2D eigenvalue weighted by molar-refractivity contribution is 9.09. The summed E-state index contributed by atoms with van der Waals surface area (Å²) in [5.74, 6) is 0.284. The number of rotatable bonds is 1. The van der Waals surface area contributed by atoms with Gasteiger partial charge in [-0.3, -0.25) is 0 Å². The number of halogens is 1. The summed E-state index contributed by atoms with van der Waals surface area (Å²) in [5, 5.41) is 0.431. The van der Waals surface area contributed by atoms with Gasteiger partial charge < -0.3 is 4.74 Å². The minimum Gasteiger partial charge on any atom is -0.367 e. The monoisotopic (exact) mass is 296 g/mol. The highest BCUT2D eigenvalue weighted by Crippen LogP contribution is 2.48. The fraction of sp³-hybridized carbons (Fsp3) is 1.00. The van der Waals surface area contributed by atoms with E-state index in [-0.39, 0.29) is 16.6 Å². The van der Waals surface area contributed by atoms with Gasteiger partial charge in [0.1, 0.15) is 0 Å². The Morgan fingerprint density at radius 3 is 2.47 bits per heavy atom. The van der Waals surface area contributed by atoms with Crippen LogP contribution in [0, 0.1) is 0 Å². The quantitative estimate of drug-likeness (QED) is 0.694. The molecule has 0 amide bonds. The Labute approximate surface area is 99.6 Å². The Morgan fingerprint density at radius 1 is 1.40 bits per heavy atom. The predicted octanol–water partition coefficient (Wildman–Crippen LogP) is 1.90. The Balaban J connectivity index is 2.26. The lowest BCUT2D eigenvalue weighted by atomic mass is 9.92. The number of alkyl halides is 1. The first-order chi connectivity index (χ1) is 6.84. The first-order valence-corrected chi connectivity index (χ1v) is 8.15. The zero-order chi connectivity index (χ0) is 11.3. The van der Waals surface area contributed by atoms with Gasteiger partial charge in [-0.1, -0.05) is 15.9 Å². The average Bonchev–Trinajstić information content (AvgIpc) is 2.64. The van der Waals surface area contributed by atoms with Crippen LogP contribution in [-0.2, 0) is 14.6 Å². The van der Waals surface area contributed by atoms with Crippen LogP contribution in [-0.4, -0.2) is 36.0 Å². The maximum atomic E-state index is 11.7. The molecule has 15 heavy (non-hydrogen) atoms. The molecule has 2 rings (SSSR count). The summed E-state index contributed by atoms with van der Waals surface area (Å²) in [5.41, 5.74) is -0.588. The molecule has 0 aromatic heterocycles. The lowest BCUT2D eigenvalue weighted by Crippen LogP contribution is -2.41. The van der Waals surface area contributed by atoms with Crippen molar-refractivity contribution in [2.24, 2.45) is 0 Å². The number of hydrogen-bond acceptors (Lipinski definition) is 3. The van der Waals surface area contributed by atoms with Crippen LogP contribution in [0.5, 0.6) is 0 Å². The van der Waals surface area contributed by atoms with Crippen molar-refractivity contribution in [3.63, 3.8) is 0 Å². The highest BCUT2D eigenvalue weighted by atomic mass is 79.9. The molecule has 0 aliphatic carbocycles. The minimum atomic E-state index is -2.92. The summed E-state index contributed by atoms with van der Waals surface area (Å²) in [7, 11) is -2.92. The van der Waals surface area contributed by atoms with E-state index in [0.717, 1.165) is 18.2 Å². The largest absolute Gasteiger partial charge is 0.367 e. The molecule has 5 heteroatoms. The molecule has 3 unspecified atom stereocenters. The van der Waals surface area contributed by atoms with Gasteiger partial charge in [-0.15, -0.1) is 0 Å². The van der Waals surface area contributed by atoms with Crippen LogP contribution in [0.25, 0.3) is 0 Å². The Hall–Kier alpha value is 0.390. The van der Waals surface area contributed by atoms with Crippen molar-refractivity contribution >= 4 is 25.8 Å². The fourth-order valence-corrected chi connectivity index (χ4v) is 4.96. The zero-order valence-electron chi connectivity index (χ0n) is 9.12. The van der Waals surface area contributed by atoms with Crippen LogP contribution in [0.3, 0.4) is 0 Å². The normalized spacial score (nSPS) is 48.9. The maximum Gasteiger partial charge on any atom is 0.155 e. The maximum absolute atomic E-state index is 11.7. The third kappa shape index (κ3) is 1.76. The van der Waals surface area contributed by atoms with Gasteiger partial charge in [-0.2, -0.15) is 0 Å². The predicted molar refractivity (Wildman–Crippen MR) is 63.1 cm³/mol. The second-order valence-corrected chi connectivity index (χ2v) is 8.01. The molecule has 2 aliphatic rings. The van der Waals surface area contributed by atoms with Gasteiger partial charge >= 0.3 is 0 Å². The second-order valence-electron chi connectivity index (χ2n) is 5.01. The van der Waals surface area contributed by atoms with E-state index in [4.69, 9.17) is 4.74 Å². The summed E-state index contributed by atoms with van der Waals surface area (Å²) < 4.78 is 29.5. The molecule has 3 atom stereocenters. The smallest absolute Gasteiger partial charge is 0.155 e. The average molecular weight is 297 g/mol. The standard InChI is InChI=1S/C10H17BrO3S/c1-8-10(5-6-15(8,12)13)4-3-9(2,7-11)14-10/h8H,3-7H2,1-2H3. The van der Waals surface area contributed by atoms with E-state index in [1.807, 2.05) is 6.92 Å². The van der Waals surface area contributed by atoms with E-state index >= 15 is 0 Å². The molecule has 2 saturated heterocycles. The molecule has 3 nitrogen and oxygen atoms in total. The van der Waals surface area contributed by atoms with Gasteiger partial charge in [0, 0.05) is 5.33 Å². The van der Waals surface area contributed by atoms with E-state index in [0.29, 0.717) is 6.42 Å². The molecule has 0 aromatic carbocycles. The molecule has 0 N–H and O–H groups in total. The van der Waals surface area contributed by atoms with E-state index in [2.05, 4.69) is 15.9 Å². The second kappa shape index (κ2) is 3.44. The number of ether oxygens (including phenoxy) is 1. The van der Waals surface area contributed by atoms with Gasteiger partial charge in [0.05, 0.1) is 22.2 Å². The molecule has 0 radical (unpaired) electrons. The Kier molecular flexibility index (Phi) is 2.72. The molecule has 88 valence electrons. The van der Waals surface area contributed by atoms with Crippen molar-refractivity contribution in [3.05, 3.63) is 0 Å². The summed E-state index contributed by atoms with van der Waals surface area (Å²) in [6.07, 6.45) is 2.48. The summed E-state index contributed by atoms with van der Waals surface area (Å²) in [4.78, 5) is 0. The van der Waals surface area contributed by atoms with Crippen LogP contribution in [0.1, 0.15) is 33.1 Å². The molecule has 2 fully saturated rings. The fourth-order valence-electron chi connectivity index (χ4n) is 2.65. The van der Waals surface area contributed by atoms with E-state index in [1.54, 1.807) is 6.92 Å². The van der Waals surface area contributed by atoms with Gasteiger partial charge in [0.2, 0.25) is 0 Å². The van der Waals surface area contributed by atoms with Crippen molar-refractivity contribution < 1.29 is 13.2 Å². The molecular formula is C10H17BrO3S. The summed E-state index contributed by atoms with van der Waals surface area (Å²) in [6, 6.07) is 0. The molecule has 0 bridgehead atoms. The van der Waals surface area contributed by atoms with E-state index < -0.39 is 15.4 Å². The lowest BCUT2D eigenvalue weighted by molar-refractivity contribution is -0.0790. The van der Waals surface area contributed by atoms with Gasteiger partial charge in [0.15, 0.2) is 9.84 Å². The van der Waals surface area contributed by atoms with Crippen molar-refractivity contribution in [2.45, 2.75) is 49.6 Å². The Morgan fingerprint density at radius 2 is 2.07 bits per heavy atom. The van der Waals surface area contributed by atoms with Crippen LogP contribution in [0.15, 0.2) is 0 Å². The summed E-state index contributed by atoms with van der Waals surface area (Å²) in [6.45, 7) is 3.84. The molecule has 2 aliphatic heterocycles. The van der Waals surface area contributed by atoms with Crippen LogP contribution in [0.2, 0.25) is 0 Å². The van der Waals surface area contributed by atoms with Crippen molar-refractivity contribution in [1.82, 2.24) is 0 Å². The summed E-state index contributed by atoms with van der Waals surface area (Å²) >= 11 is 3.44. The molecule has 0 saturated carbocycles.